The first-order valence-electron chi connectivity index (χ1n) is 6.71. The summed E-state index contributed by atoms with van der Waals surface area (Å²) in [6, 6.07) is 15.3. The molecule has 19 heavy (non-hydrogen) atoms. The number of nitrogens with zero attached hydrogens (tertiary/aromatic N) is 1. The first-order valence-corrected chi connectivity index (χ1v) is 6.71. The third-order valence-corrected chi connectivity index (χ3v) is 3.50. The maximum absolute atomic E-state index is 3.85. The number of hydrogen-bond donors (Lipinski definition) is 0. The third kappa shape index (κ3) is 2.87. The Morgan fingerprint density at radius 3 is 2.26 bits per heavy atom. The number of anilines is 1. The van der Waals surface area contributed by atoms with Gasteiger partial charge in [-0.1, -0.05) is 55.5 Å². The number of aryl methyl sites for hydroxylation is 2. The zero-order valence-electron chi connectivity index (χ0n) is 12.0. The van der Waals surface area contributed by atoms with Gasteiger partial charge in [0.2, 0.25) is 0 Å². The standard InChI is InChI=1S/C18H21N/c1-5-15-11-12-17(13-18(15)19(4)6-2)16-9-7-14(3)8-10-16/h6-13H,2,5H2,1,3-4H3. The second-order valence-electron chi connectivity index (χ2n) is 4.86. The molecule has 1 heteroatoms. The second-order valence-corrected chi connectivity index (χ2v) is 4.86. The molecule has 0 atom stereocenters. The fraction of sp³-hybridized carbons (Fsp3) is 0.222. The zero-order chi connectivity index (χ0) is 13.8. The lowest BCUT2D eigenvalue weighted by Gasteiger charge is -2.19. The Balaban J connectivity index is 2.48. The highest BCUT2D eigenvalue weighted by Crippen LogP contribution is 2.28. The van der Waals surface area contributed by atoms with E-state index in [1.165, 1.54) is 27.9 Å². The molecular weight excluding hydrogens is 230 g/mol. The van der Waals surface area contributed by atoms with Crippen LogP contribution in [0.1, 0.15) is 18.1 Å². The molecule has 2 aromatic rings. The number of benzene rings is 2. The van der Waals surface area contributed by atoms with Crippen molar-refractivity contribution in [1.82, 2.24) is 0 Å². The van der Waals surface area contributed by atoms with Crippen LogP contribution in [0.2, 0.25) is 0 Å². The quantitative estimate of drug-likeness (QED) is 0.754. The molecule has 1 nitrogen and oxygen atoms in total. The average molecular weight is 251 g/mol. The minimum atomic E-state index is 1.03. The summed E-state index contributed by atoms with van der Waals surface area (Å²) in [5.41, 5.74) is 6.37. The van der Waals surface area contributed by atoms with Gasteiger partial charge in [-0.25, -0.2) is 0 Å². The predicted octanol–water partition coefficient (Wildman–Crippen LogP) is 4.80. The summed E-state index contributed by atoms with van der Waals surface area (Å²) in [4.78, 5) is 2.08. The predicted molar refractivity (Wildman–Crippen MR) is 84.6 cm³/mol. The molecule has 0 aliphatic heterocycles. The minimum absolute atomic E-state index is 1.03. The Bertz CT molecular complexity index is 567. The van der Waals surface area contributed by atoms with Gasteiger partial charge in [-0.05, 0) is 42.3 Å². The molecule has 2 rings (SSSR count). The van der Waals surface area contributed by atoms with E-state index in [9.17, 15) is 0 Å². The SMILES string of the molecule is C=CN(C)c1cc(-c2ccc(C)cc2)ccc1CC. The molecule has 0 heterocycles. The van der Waals surface area contributed by atoms with Crippen molar-refractivity contribution >= 4 is 5.69 Å². The van der Waals surface area contributed by atoms with Crippen molar-refractivity contribution in [2.75, 3.05) is 11.9 Å². The van der Waals surface area contributed by atoms with Gasteiger partial charge in [-0.2, -0.15) is 0 Å². The molecule has 0 aliphatic carbocycles. The normalized spacial score (nSPS) is 10.3. The maximum atomic E-state index is 3.85. The van der Waals surface area contributed by atoms with E-state index in [-0.39, 0.29) is 0 Å². The van der Waals surface area contributed by atoms with Gasteiger partial charge in [0, 0.05) is 12.7 Å². The van der Waals surface area contributed by atoms with E-state index in [0.717, 1.165) is 6.42 Å². The van der Waals surface area contributed by atoms with Gasteiger partial charge < -0.3 is 4.90 Å². The maximum Gasteiger partial charge on any atom is 0.0441 e. The molecule has 2 aromatic carbocycles. The van der Waals surface area contributed by atoms with Crippen LogP contribution in [0, 0.1) is 6.92 Å². The van der Waals surface area contributed by atoms with Crippen LogP contribution < -0.4 is 4.90 Å². The van der Waals surface area contributed by atoms with Crippen molar-refractivity contribution in [3.63, 3.8) is 0 Å². The molecule has 0 spiro atoms. The summed E-state index contributed by atoms with van der Waals surface area (Å²) >= 11 is 0. The van der Waals surface area contributed by atoms with Crippen LogP contribution in [0.25, 0.3) is 11.1 Å². The molecular formula is C18H21N. The van der Waals surface area contributed by atoms with Crippen molar-refractivity contribution in [2.24, 2.45) is 0 Å². The number of hydrogen-bond acceptors (Lipinski definition) is 1. The van der Waals surface area contributed by atoms with E-state index < -0.39 is 0 Å². The van der Waals surface area contributed by atoms with Crippen LogP contribution in [0.15, 0.2) is 55.2 Å². The Morgan fingerprint density at radius 2 is 1.68 bits per heavy atom. The summed E-state index contributed by atoms with van der Waals surface area (Å²) in [5, 5.41) is 0. The van der Waals surface area contributed by atoms with Crippen LogP contribution in [-0.2, 0) is 6.42 Å². The van der Waals surface area contributed by atoms with E-state index in [4.69, 9.17) is 0 Å². The van der Waals surface area contributed by atoms with Gasteiger partial charge in [0.05, 0.1) is 0 Å². The van der Waals surface area contributed by atoms with Gasteiger partial charge >= 0.3 is 0 Å². The van der Waals surface area contributed by atoms with Gasteiger partial charge in [0.25, 0.3) is 0 Å². The lowest BCUT2D eigenvalue weighted by Crippen LogP contribution is -2.09. The first kappa shape index (κ1) is 13.4. The van der Waals surface area contributed by atoms with E-state index in [1.807, 2.05) is 13.2 Å². The molecule has 0 saturated heterocycles. The third-order valence-electron chi connectivity index (χ3n) is 3.50. The van der Waals surface area contributed by atoms with Crippen molar-refractivity contribution in [3.8, 4) is 11.1 Å². The monoisotopic (exact) mass is 251 g/mol. The summed E-state index contributed by atoms with van der Waals surface area (Å²) in [7, 11) is 2.04. The van der Waals surface area contributed by atoms with Crippen molar-refractivity contribution in [2.45, 2.75) is 20.3 Å². The molecule has 0 bridgehead atoms. The van der Waals surface area contributed by atoms with Gasteiger partial charge in [0.15, 0.2) is 0 Å². The van der Waals surface area contributed by atoms with Crippen molar-refractivity contribution < 1.29 is 0 Å². The summed E-state index contributed by atoms with van der Waals surface area (Å²) in [5.74, 6) is 0. The lowest BCUT2D eigenvalue weighted by atomic mass is 10.00. The second kappa shape index (κ2) is 5.75. The van der Waals surface area contributed by atoms with Crippen molar-refractivity contribution in [3.05, 3.63) is 66.4 Å². The largest absolute Gasteiger partial charge is 0.351 e. The number of rotatable bonds is 4. The topological polar surface area (TPSA) is 3.24 Å². The molecule has 0 amide bonds. The minimum Gasteiger partial charge on any atom is -0.351 e. The molecule has 0 unspecified atom stereocenters. The highest BCUT2D eigenvalue weighted by molar-refractivity contribution is 5.71. The van der Waals surface area contributed by atoms with E-state index in [1.54, 1.807) is 0 Å². The Kier molecular flexibility index (Phi) is 4.06. The molecule has 98 valence electrons. The van der Waals surface area contributed by atoms with E-state index in [0.29, 0.717) is 0 Å². The first-order chi connectivity index (χ1) is 9.15. The van der Waals surface area contributed by atoms with Gasteiger partial charge in [0.1, 0.15) is 0 Å². The van der Waals surface area contributed by atoms with Crippen LogP contribution in [0.3, 0.4) is 0 Å². The molecule has 0 aliphatic rings. The molecule has 0 saturated carbocycles. The van der Waals surface area contributed by atoms with Crippen LogP contribution >= 0.6 is 0 Å². The smallest absolute Gasteiger partial charge is 0.0441 e. The Labute approximate surface area is 116 Å². The van der Waals surface area contributed by atoms with E-state index >= 15 is 0 Å². The van der Waals surface area contributed by atoms with Crippen molar-refractivity contribution in [1.29, 1.82) is 0 Å². The van der Waals surface area contributed by atoms with Crippen LogP contribution in [0.5, 0.6) is 0 Å². The average Bonchev–Trinajstić information content (AvgIpc) is 2.46. The Morgan fingerprint density at radius 1 is 1.05 bits per heavy atom. The van der Waals surface area contributed by atoms with Crippen LogP contribution in [-0.4, -0.2) is 7.05 Å². The fourth-order valence-corrected chi connectivity index (χ4v) is 2.22. The highest BCUT2D eigenvalue weighted by atomic mass is 15.1. The highest BCUT2D eigenvalue weighted by Gasteiger charge is 2.06. The van der Waals surface area contributed by atoms with E-state index in [2.05, 4.69) is 67.8 Å². The summed E-state index contributed by atoms with van der Waals surface area (Å²) in [6.45, 7) is 8.15. The Hall–Kier alpha value is -2.02. The van der Waals surface area contributed by atoms with Gasteiger partial charge in [-0.15, -0.1) is 0 Å². The molecule has 0 aromatic heterocycles. The summed E-state index contributed by atoms with van der Waals surface area (Å²) < 4.78 is 0. The molecule has 0 radical (unpaired) electrons. The van der Waals surface area contributed by atoms with Crippen LogP contribution in [0.4, 0.5) is 5.69 Å². The fourth-order valence-electron chi connectivity index (χ4n) is 2.22. The lowest BCUT2D eigenvalue weighted by molar-refractivity contribution is 1.09. The van der Waals surface area contributed by atoms with Gasteiger partial charge in [-0.3, -0.25) is 0 Å². The molecule has 0 fully saturated rings. The zero-order valence-corrected chi connectivity index (χ0v) is 12.0. The molecule has 0 N–H and O–H groups in total. The summed E-state index contributed by atoms with van der Waals surface area (Å²) in [6.07, 6.45) is 2.88.